The van der Waals surface area contributed by atoms with Gasteiger partial charge >= 0.3 is 0 Å². The average molecular weight is 384 g/mol. The van der Waals surface area contributed by atoms with Crippen molar-refractivity contribution in [2.45, 2.75) is 51.1 Å². The summed E-state index contributed by atoms with van der Waals surface area (Å²) in [6.45, 7) is 3.39. The number of carbonyl (C=O) groups is 1. The van der Waals surface area contributed by atoms with Crippen LogP contribution in [0.5, 0.6) is 0 Å². The van der Waals surface area contributed by atoms with Crippen molar-refractivity contribution >= 4 is 16.1 Å². The van der Waals surface area contributed by atoms with E-state index in [0.29, 0.717) is 26.2 Å². The highest BCUT2D eigenvalue weighted by Gasteiger charge is 2.36. The molecule has 2 fully saturated rings. The van der Waals surface area contributed by atoms with Crippen molar-refractivity contribution in [1.82, 2.24) is 23.1 Å². The fourth-order valence-electron chi connectivity index (χ4n) is 3.84. The summed E-state index contributed by atoms with van der Waals surface area (Å²) in [5.41, 5.74) is 0. The third kappa shape index (κ3) is 3.94. The number of imidazole rings is 1. The molecule has 1 aliphatic heterocycles. The first-order valence-corrected chi connectivity index (χ1v) is 10.8. The van der Waals surface area contributed by atoms with Gasteiger partial charge in [0, 0.05) is 51.7 Å². The first-order chi connectivity index (χ1) is 12.4. The molecule has 1 saturated heterocycles. The van der Waals surface area contributed by atoms with Crippen molar-refractivity contribution in [3.63, 3.8) is 0 Å². The molecule has 26 heavy (non-hydrogen) atoms. The average Bonchev–Trinajstić information content (AvgIpc) is 3.21. The third-order valence-electron chi connectivity index (χ3n) is 5.66. The molecule has 1 aliphatic carbocycles. The zero-order valence-corrected chi connectivity index (χ0v) is 16.4. The van der Waals surface area contributed by atoms with Gasteiger partial charge in [0.15, 0.2) is 0 Å². The lowest BCUT2D eigenvalue weighted by Crippen LogP contribution is -2.55. The zero-order chi connectivity index (χ0) is 18.7. The standard InChI is InChI=1S/C17H29N5O3S/c1-15(21-9-8-18-14-21)17(23)20-10-12-22(13-11-20)26(24,25)19(2)16-6-4-3-5-7-16/h8-9,14-16H,3-7,10-13H2,1-2H3/t15-/m0/s1. The number of aromatic nitrogens is 2. The highest BCUT2D eigenvalue weighted by Crippen LogP contribution is 2.25. The maximum absolute atomic E-state index is 12.9. The van der Waals surface area contributed by atoms with Crippen LogP contribution in [0.4, 0.5) is 0 Å². The van der Waals surface area contributed by atoms with E-state index in [4.69, 9.17) is 0 Å². The fraction of sp³-hybridized carbons (Fsp3) is 0.765. The van der Waals surface area contributed by atoms with Gasteiger partial charge in [0.05, 0.1) is 6.33 Å². The van der Waals surface area contributed by atoms with Crippen LogP contribution in [0, 0.1) is 0 Å². The summed E-state index contributed by atoms with van der Waals surface area (Å²) in [6, 6.07) is -0.222. The predicted octanol–water partition coefficient (Wildman–Crippen LogP) is 1.10. The van der Waals surface area contributed by atoms with E-state index in [1.54, 1.807) is 39.5 Å². The molecule has 3 rings (SSSR count). The zero-order valence-electron chi connectivity index (χ0n) is 15.6. The number of rotatable bonds is 5. The molecule has 0 unspecified atom stereocenters. The maximum Gasteiger partial charge on any atom is 0.282 e. The molecule has 2 aliphatic rings. The highest BCUT2D eigenvalue weighted by molar-refractivity contribution is 7.86. The third-order valence-corrected chi connectivity index (χ3v) is 7.70. The molecule has 146 valence electrons. The molecule has 9 heteroatoms. The van der Waals surface area contributed by atoms with Crippen LogP contribution >= 0.6 is 0 Å². The van der Waals surface area contributed by atoms with Crippen molar-refractivity contribution in [1.29, 1.82) is 0 Å². The Kier molecular flexibility index (Phi) is 5.99. The summed E-state index contributed by atoms with van der Waals surface area (Å²) in [6.07, 6.45) is 10.3. The summed E-state index contributed by atoms with van der Waals surface area (Å²) >= 11 is 0. The first kappa shape index (κ1) is 19.3. The van der Waals surface area contributed by atoms with Gasteiger partial charge in [-0.15, -0.1) is 0 Å². The van der Waals surface area contributed by atoms with Crippen molar-refractivity contribution < 1.29 is 13.2 Å². The van der Waals surface area contributed by atoms with E-state index < -0.39 is 10.2 Å². The summed E-state index contributed by atoms with van der Waals surface area (Å²) in [4.78, 5) is 18.4. The molecule has 1 saturated carbocycles. The van der Waals surface area contributed by atoms with Gasteiger partial charge in [0.2, 0.25) is 5.91 Å². The van der Waals surface area contributed by atoms with Crippen LogP contribution in [0.25, 0.3) is 0 Å². The molecule has 0 bridgehead atoms. The Balaban J connectivity index is 1.58. The summed E-state index contributed by atoms with van der Waals surface area (Å²) in [5.74, 6) is 0.000632. The first-order valence-electron chi connectivity index (χ1n) is 9.40. The lowest BCUT2D eigenvalue weighted by Gasteiger charge is -2.39. The number of hydrogen-bond acceptors (Lipinski definition) is 4. The Morgan fingerprint density at radius 1 is 1.15 bits per heavy atom. The van der Waals surface area contributed by atoms with Crippen molar-refractivity contribution in [2.24, 2.45) is 0 Å². The normalized spacial score (nSPS) is 21.9. The Hall–Kier alpha value is -1.45. The van der Waals surface area contributed by atoms with E-state index in [2.05, 4.69) is 4.98 Å². The molecular weight excluding hydrogens is 354 g/mol. The molecule has 1 aromatic heterocycles. The molecule has 8 nitrogen and oxygen atoms in total. The number of carbonyl (C=O) groups excluding carboxylic acids is 1. The van der Waals surface area contributed by atoms with Crippen LogP contribution in [0.2, 0.25) is 0 Å². The van der Waals surface area contributed by atoms with E-state index in [-0.39, 0.29) is 18.0 Å². The molecule has 0 aromatic carbocycles. The van der Waals surface area contributed by atoms with Crippen LogP contribution < -0.4 is 0 Å². The van der Waals surface area contributed by atoms with E-state index >= 15 is 0 Å². The lowest BCUT2D eigenvalue weighted by molar-refractivity contribution is -0.135. The maximum atomic E-state index is 12.9. The molecule has 0 radical (unpaired) electrons. The summed E-state index contributed by atoms with van der Waals surface area (Å²) in [5, 5.41) is 0. The minimum atomic E-state index is -3.46. The van der Waals surface area contributed by atoms with Gasteiger partial charge in [0.1, 0.15) is 6.04 Å². The molecular formula is C17H29N5O3S. The summed E-state index contributed by atoms with van der Waals surface area (Å²) < 4.78 is 30.7. The largest absolute Gasteiger partial charge is 0.338 e. The smallest absolute Gasteiger partial charge is 0.282 e. The van der Waals surface area contributed by atoms with Gasteiger partial charge in [-0.1, -0.05) is 19.3 Å². The fourth-order valence-corrected chi connectivity index (χ4v) is 5.42. The second-order valence-corrected chi connectivity index (χ2v) is 9.21. The molecule has 1 aromatic rings. The van der Waals surface area contributed by atoms with Gasteiger partial charge in [-0.25, -0.2) is 4.98 Å². The molecule has 1 amide bonds. The Morgan fingerprint density at radius 3 is 2.38 bits per heavy atom. The minimum absolute atomic E-state index is 0.000632. The Bertz CT molecular complexity index is 692. The molecule has 0 N–H and O–H groups in total. The van der Waals surface area contributed by atoms with Crippen molar-refractivity contribution in [3.8, 4) is 0 Å². The Morgan fingerprint density at radius 2 is 1.81 bits per heavy atom. The van der Waals surface area contributed by atoms with Crippen LogP contribution in [0.15, 0.2) is 18.7 Å². The van der Waals surface area contributed by atoms with E-state index in [9.17, 15) is 13.2 Å². The van der Waals surface area contributed by atoms with Crippen molar-refractivity contribution in [3.05, 3.63) is 18.7 Å². The second kappa shape index (κ2) is 8.06. The molecule has 1 atom stereocenters. The van der Waals surface area contributed by atoms with Gasteiger partial charge < -0.3 is 9.47 Å². The van der Waals surface area contributed by atoms with Crippen LogP contribution in [-0.4, -0.2) is 76.7 Å². The molecule has 2 heterocycles. The van der Waals surface area contributed by atoms with Crippen LogP contribution in [0.3, 0.4) is 0 Å². The summed E-state index contributed by atoms with van der Waals surface area (Å²) in [7, 11) is -1.76. The Labute approximate surface area is 156 Å². The molecule has 0 spiro atoms. The predicted molar refractivity (Wildman–Crippen MR) is 98.6 cm³/mol. The number of hydrogen-bond donors (Lipinski definition) is 0. The number of amides is 1. The second-order valence-electron chi connectivity index (χ2n) is 7.23. The highest BCUT2D eigenvalue weighted by atomic mass is 32.2. The van der Waals surface area contributed by atoms with Crippen LogP contribution in [-0.2, 0) is 15.0 Å². The monoisotopic (exact) mass is 383 g/mol. The number of nitrogens with zero attached hydrogens (tertiary/aromatic N) is 5. The van der Waals surface area contributed by atoms with E-state index in [0.717, 1.165) is 25.7 Å². The van der Waals surface area contributed by atoms with E-state index in [1.807, 2.05) is 6.92 Å². The number of piperazine rings is 1. The van der Waals surface area contributed by atoms with Crippen molar-refractivity contribution in [2.75, 3.05) is 33.2 Å². The van der Waals surface area contributed by atoms with Gasteiger partial charge in [-0.2, -0.15) is 17.0 Å². The van der Waals surface area contributed by atoms with Gasteiger partial charge in [0.25, 0.3) is 10.2 Å². The van der Waals surface area contributed by atoms with Gasteiger partial charge in [-0.05, 0) is 19.8 Å². The van der Waals surface area contributed by atoms with Gasteiger partial charge in [-0.3, -0.25) is 4.79 Å². The lowest BCUT2D eigenvalue weighted by atomic mass is 9.96. The van der Waals surface area contributed by atoms with E-state index in [1.165, 1.54) is 10.7 Å². The topological polar surface area (TPSA) is 78.8 Å². The van der Waals surface area contributed by atoms with Crippen LogP contribution in [0.1, 0.15) is 45.1 Å². The quantitative estimate of drug-likeness (QED) is 0.763. The minimum Gasteiger partial charge on any atom is -0.338 e. The SMILES string of the molecule is C[C@@H](C(=O)N1CCN(S(=O)(=O)N(C)C2CCCCC2)CC1)n1ccnc1.